The van der Waals surface area contributed by atoms with E-state index in [0.717, 1.165) is 12.8 Å². The van der Waals surface area contributed by atoms with Gasteiger partial charge in [-0.3, -0.25) is 4.79 Å². The smallest absolute Gasteiger partial charge is 0.319 e. The lowest BCUT2D eigenvalue weighted by molar-refractivity contribution is -0.134. The Labute approximate surface area is 182 Å². The van der Waals surface area contributed by atoms with Gasteiger partial charge in [0.15, 0.2) is 18.1 Å². The van der Waals surface area contributed by atoms with Gasteiger partial charge in [-0.15, -0.1) is 0 Å². The number of hydrogen-bond donors (Lipinski definition) is 2. The fraction of sp³-hybridized carbons (Fsp3) is 0.391. The summed E-state index contributed by atoms with van der Waals surface area (Å²) in [6.45, 7) is 1.93. The summed E-state index contributed by atoms with van der Waals surface area (Å²) in [5.41, 5.74) is 0.619. The van der Waals surface area contributed by atoms with Crippen molar-refractivity contribution in [1.82, 2.24) is 10.2 Å². The molecule has 0 spiro atoms. The van der Waals surface area contributed by atoms with Crippen LogP contribution >= 0.6 is 0 Å². The van der Waals surface area contributed by atoms with Gasteiger partial charge in [0.2, 0.25) is 0 Å². The van der Waals surface area contributed by atoms with Crippen molar-refractivity contribution in [2.75, 3.05) is 45.8 Å². The van der Waals surface area contributed by atoms with E-state index in [1.165, 1.54) is 0 Å². The summed E-state index contributed by atoms with van der Waals surface area (Å²) >= 11 is 0. The molecule has 166 valence electrons. The van der Waals surface area contributed by atoms with Gasteiger partial charge in [0.1, 0.15) is 5.75 Å². The average molecular weight is 428 g/mol. The summed E-state index contributed by atoms with van der Waals surface area (Å²) in [7, 11) is 3.11. The summed E-state index contributed by atoms with van der Waals surface area (Å²) in [6.07, 6.45) is 1.68. The minimum absolute atomic E-state index is 0.0125. The molecule has 0 aliphatic carbocycles. The van der Waals surface area contributed by atoms with Crippen molar-refractivity contribution < 1.29 is 23.8 Å². The third-order valence-electron chi connectivity index (χ3n) is 5.27. The van der Waals surface area contributed by atoms with Crippen molar-refractivity contribution >= 4 is 17.6 Å². The number of benzene rings is 2. The molecule has 1 aliphatic heterocycles. The van der Waals surface area contributed by atoms with Gasteiger partial charge < -0.3 is 29.7 Å². The van der Waals surface area contributed by atoms with E-state index < -0.39 is 0 Å². The van der Waals surface area contributed by atoms with Crippen LogP contribution in [-0.4, -0.2) is 57.3 Å². The second kappa shape index (κ2) is 11.1. The molecule has 8 heteroatoms. The summed E-state index contributed by atoms with van der Waals surface area (Å²) in [6, 6.07) is 14.2. The first-order valence-electron chi connectivity index (χ1n) is 10.3. The van der Waals surface area contributed by atoms with Crippen molar-refractivity contribution in [1.29, 1.82) is 0 Å². The maximum atomic E-state index is 12.3. The number of anilines is 1. The van der Waals surface area contributed by atoms with Gasteiger partial charge in [0.05, 0.1) is 14.2 Å². The van der Waals surface area contributed by atoms with E-state index in [1.54, 1.807) is 32.4 Å². The Morgan fingerprint density at radius 2 is 1.71 bits per heavy atom. The third kappa shape index (κ3) is 6.53. The van der Waals surface area contributed by atoms with Crippen LogP contribution in [0.4, 0.5) is 10.5 Å². The first kappa shape index (κ1) is 22.3. The molecule has 31 heavy (non-hydrogen) atoms. The van der Waals surface area contributed by atoms with Crippen LogP contribution in [0.5, 0.6) is 17.2 Å². The molecule has 1 aliphatic rings. The highest BCUT2D eigenvalue weighted by molar-refractivity contribution is 5.89. The number of rotatable bonds is 8. The number of hydrogen-bond acceptors (Lipinski definition) is 5. The number of likely N-dealkylation sites (tertiary alicyclic amines) is 1. The minimum Gasteiger partial charge on any atom is -0.493 e. The molecule has 3 rings (SSSR count). The largest absolute Gasteiger partial charge is 0.493 e. The Hall–Kier alpha value is -3.42. The molecule has 2 aromatic carbocycles. The van der Waals surface area contributed by atoms with E-state index >= 15 is 0 Å². The number of ether oxygens (including phenoxy) is 3. The number of carbonyl (C=O) groups excluding carboxylic acids is 2. The summed E-state index contributed by atoms with van der Waals surface area (Å²) in [4.78, 5) is 26.4. The van der Waals surface area contributed by atoms with Crippen molar-refractivity contribution in [2.45, 2.75) is 12.8 Å². The summed E-state index contributed by atoms with van der Waals surface area (Å²) < 4.78 is 16.0. The van der Waals surface area contributed by atoms with Crippen LogP contribution < -0.4 is 24.8 Å². The molecule has 1 saturated heterocycles. The van der Waals surface area contributed by atoms with Crippen molar-refractivity contribution in [2.24, 2.45) is 5.92 Å². The molecule has 0 atom stereocenters. The molecule has 0 saturated carbocycles. The lowest BCUT2D eigenvalue weighted by Crippen LogP contribution is -2.43. The zero-order valence-electron chi connectivity index (χ0n) is 17.9. The monoisotopic (exact) mass is 427 g/mol. The molecule has 0 aromatic heterocycles. The lowest BCUT2D eigenvalue weighted by atomic mass is 9.97. The fourth-order valence-corrected chi connectivity index (χ4v) is 3.47. The maximum Gasteiger partial charge on any atom is 0.319 e. The standard InChI is InChI=1S/C23H29N3O5/c1-29-20-9-8-18(14-21(20)30-2)25-23(28)24-15-17-10-12-26(13-11-17)22(27)16-31-19-6-4-3-5-7-19/h3-9,14,17H,10-13,15-16H2,1-2H3,(H2,24,25,28). The van der Waals surface area contributed by atoms with Gasteiger partial charge in [-0.25, -0.2) is 4.79 Å². The topological polar surface area (TPSA) is 89.1 Å². The normalized spacial score (nSPS) is 13.9. The molecule has 1 fully saturated rings. The van der Waals surface area contributed by atoms with E-state index in [-0.39, 0.29) is 18.5 Å². The van der Waals surface area contributed by atoms with Crippen LogP contribution in [0.15, 0.2) is 48.5 Å². The second-order valence-corrected chi connectivity index (χ2v) is 7.33. The Morgan fingerprint density at radius 3 is 2.39 bits per heavy atom. The zero-order chi connectivity index (χ0) is 22.1. The highest BCUT2D eigenvalue weighted by Crippen LogP contribution is 2.29. The van der Waals surface area contributed by atoms with Gasteiger partial charge in [0, 0.05) is 31.4 Å². The number of amides is 3. The molecule has 0 bridgehead atoms. The van der Waals surface area contributed by atoms with Crippen molar-refractivity contribution in [3.05, 3.63) is 48.5 Å². The molecular formula is C23H29N3O5. The van der Waals surface area contributed by atoms with Crippen LogP contribution in [0, 0.1) is 5.92 Å². The van der Waals surface area contributed by atoms with Crippen LogP contribution in [0.3, 0.4) is 0 Å². The van der Waals surface area contributed by atoms with E-state index in [4.69, 9.17) is 14.2 Å². The molecule has 2 N–H and O–H groups in total. The number of nitrogens with one attached hydrogen (secondary N) is 2. The molecule has 2 aromatic rings. The highest BCUT2D eigenvalue weighted by Gasteiger charge is 2.23. The van der Waals surface area contributed by atoms with Crippen LogP contribution in [-0.2, 0) is 4.79 Å². The first-order chi connectivity index (χ1) is 15.1. The predicted molar refractivity (Wildman–Crippen MR) is 118 cm³/mol. The van der Waals surface area contributed by atoms with E-state index in [1.807, 2.05) is 35.2 Å². The van der Waals surface area contributed by atoms with Gasteiger partial charge >= 0.3 is 6.03 Å². The quantitative estimate of drug-likeness (QED) is 0.676. The van der Waals surface area contributed by atoms with Gasteiger partial charge in [-0.05, 0) is 43.0 Å². The van der Waals surface area contributed by atoms with Crippen LogP contribution in [0.25, 0.3) is 0 Å². The predicted octanol–water partition coefficient (Wildman–Crippen LogP) is 3.14. The van der Waals surface area contributed by atoms with Crippen LogP contribution in [0.1, 0.15) is 12.8 Å². The summed E-state index contributed by atoms with van der Waals surface area (Å²) in [5, 5.41) is 5.71. The first-order valence-corrected chi connectivity index (χ1v) is 10.3. The van der Waals surface area contributed by atoms with Gasteiger partial charge in [-0.1, -0.05) is 18.2 Å². The number of carbonyl (C=O) groups is 2. The van der Waals surface area contributed by atoms with E-state index in [2.05, 4.69) is 10.6 Å². The summed E-state index contributed by atoms with van der Waals surface area (Å²) in [5.74, 6) is 2.16. The number of methoxy groups -OCH3 is 2. The Balaban J connectivity index is 1.37. The fourth-order valence-electron chi connectivity index (χ4n) is 3.47. The maximum absolute atomic E-state index is 12.3. The molecule has 8 nitrogen and oxygen atoms in total. The Bertz CT molecular complexity index is 867. The number of nitrogens with zero attached hydrogens (tertiary/aromatic N) is 1. The number of piperidine rings is 1. The third-order valence-corrected chi connectivity index (χ3v) is 5.27. The second-order valence-electron chi connectivity index (χ2n) is 7.33. The Morgan fingerprint density at radius 1 is 1.00 bits per heavy atom. The van der Waals surface area contributed by atoms with Crippen LogP contribution in [0.2, 0.25) is 0 Å². The number of urea groups is 1. The highest BCUT2D eigenvalue weighted by atomic mass is 16.5. The SMILES string of the molecule is COc1ccc(NC(=O)NCC2CCN(C(=O)COc3ccccc3)CC2)cc1OC. The molecule has 0 unspecified atom stereocenters. The van der Waals surface area contributed by atoms with Crippen molar-refractivity contribution in [3.8, 4) is 17.2 Å². The lowest BCUT2D eigenvalue weighted by Gasteiger charge is -2.32. The number of para-hydroxylation sites is 1. The molecule has 3 amide bonds. The minimum atomic E-state index is -0.276. The van der Waals surface area contributed by atoms with E-state index in [0.29, 0.717) is 48.5 Å². The molecule has 0 radical (unpaired) electrons. The average Bonchev–Trinajstić information content (AvgIpc) is 2.82. The zero-order valence-corrected chi connectivity index (χ0v) is 17.9. The van der Waals surface area contributed by atoms with E-state index in [9.17, 15) is 9.59 Å². The molecule has 1 heterocycles. The van der Waals surface area contributed by atoms with Gasteiger partial charge in [-0.2, -0.15) is 0 Å². The Kier molecular flexibility index (Phi) is 7.98. The van der Waals surface area contributed by atoms with Crippen molar-refractivity contribution in [3.63, 3.8) is 0 Å². The van der Waals surface area contributed by atoms with Gasteiger partial charge in [0.25, 0.3) is 5.91 Å². The molecular weight excluding hydrogens is 398 g/mol.